The molecule has 3 atom stereocenters. The van der Waals surface area contributed by atoms with E-state index in [4.69, 9.17) is 11.6 Å². The zero-order valence-corrected chi connectivity index (χ0v) is 10.5. The van der Waals surface area contributed by atoms with E-state index in [1.807, 2.05) is 0 Å². The van der Waals surface area contributed by atoms with E-state index in [0.717, 1.165) is 0 Å². The number of alkyl halides is 1. The van der Waals surface area contributed by atoms with E-state index in [1.54, 1.807) is 0 Å². The standard InChI is InChI=1S/C14H19Cl/c1-9-4-5-12(8-10(9)2)13-6-7-14(15)11(13)3/h4-5,8,11,13-14H,6-7H2,1-3H3. The Hall–Kier alpha value is -0.490. The van der Waals surface area contributed by atoms with Crippen LogP contribution in [0.4, 0.5) is 0 Å². The van der Waals surface area contributed by atoms with Crippen molar-refractivity contribution in [3.63, 3.8) is 0 Å². The molecule has 1 heteroatoms. The van der Waals surface area contributed by atoms with Gasteiger partial charge in [-0.05, 0) is 55.2 Å². The normalized spacial score (nSPS) is 30.8. The van der Waals surface area contributed by atoms with Crippen LogP contribution in [0.15, 0.2) is 18.2 Å². The first-order valence-corrected chi connectivity index (χ1v) is 6.24. The summed E-state index contributed by atoms with van der Waals surface area (Å²) < 4.78 is 0. The highest BCUT2D eigenvalue weighted by Crippen LogP contribution is 2.42. The first-order chi connectivity index (χ1) is 7.09. The van der Waals surface area contributed by atoms with Crippen molar-refractivity contribution < 1.29 is 0 Å². The molecule has 0 bridgehead atoms. The third kappa shape index (κ3) is 2.06. The molecule has 15 heavy (non-hydrogen) atoms. The topological polar surface area (TPSA) is 0 Å². The van der Waals surface area contributed by atoms with E-state index < -0.39 is 0 Å². The van der Waals surface area contributed by atoms with E-state index in [-0.39, 0.29) is 0 Å². The van der Waals surface area contributed by atoms with E-state index in [2.05, 4.69) is 39.0 Å². The maximum absolute atomic E-state index is 6.28. The van der Waals surface area contributed by atoms with Gasteiger partial charge in [0.2, 0.25) is 0 Å². The summed E-state index contributed by atoms with van der Waals surface area (Å²) in [6, 6.07) is 6.85. The summed E-state index contributed by atoms with van der Waals surface area (Å²) >= 11 is 6.28. The molecule has 0 spiro atoms. The second-order valence-electron chi connectivity index (χ2n) is 4.90. The minimum absolute atomic E-state index is 0.372. The van der Waals surface area contributed by atoms with E-state index in [0.29, 0.717) is 17.2 Å². The van der Waals surface area contributed by atoms with Crippen molar-refractivity contribution in [2.45, 2.75) is 44.9 Å². The molecule has 1 aliphatic rings. The molecule has 0 saturated heterocycles. The van der Waals surface area contributed by atoms with Gasteiger partial charge in [0.25, 0.3) is 0 Å². The maximum Gasteiger partial charge on any atom is 0.0367 e. The van der Waals surface area contributed by atoms with Crippen molar-refractivity contribution in [3.8, 4) is 0 Å². The number of aryl methyl sites for hydroxylation is 2. The molecule has 1 aliphatic carbocycles. The first kappa shape index (κ1) is 11.0. The van der Waals surface area contributed by atoms with Gasteiger partial charge in [0, 0.05) is 5.38 Å². The molecule has 0 N–H and O–H groups in total. The minimum atomic E-state index is 0.372. The van der Waals surface area contributed by atoms with Gasteiger partial charge in [0.15, 0.2) is 0 Å². The van der Waals surface area contributed by atoms with Gasteiger partial charge in [-0.2, -0.15) is 0 Å². The first-order valence-electron chi connectivity index (χ1n) is 5.81. The molecular weight excluding hydrogens is 204 g/mol. The van der Waals surface area contributed by atoms with Gasteiger partial charge < -0.3 is 0 Å². The summed E-state index contributed by atoms with van der Waals surface area (Å²) in [7, 11) is 0. The Kier molecular flexibility index (Phi) is 3.06. The Labute approximate surface area is 97.6 Å². The Balaban J connectivity index is 2.26. The quantitative estimate of drug-likeness (QED) is 0.617. The van der Waals surface area contributed by atoms with Crippen LogP contribution in [0.3, 0.4) is 0 Å². The van der Waals surface area contributed by atoms with Gasteiger partial charge in [0.1, 0.15) is 0 Å². The van der Waals surface area contributed by atoms with Crippen molar-refractivity contribution in [3.05, 3.63) is 34.9 Å². The Bertz CT molecular complexity index is 356. The maximum atomic E-state index is 6.28. The zero-order valence-electron chi connectivity index (χ0n) is 9.76. The summed E-state index contributed by atoms with van der Waals surface area (Å²) in [5.74, 6) is 1.29. The van der Waals surface area contributed by atoms with Gasteiger partial charge in [-0.25, -0.2) is 0 Å². The van der Waals surface area contributed by atoms with Crippen LogP contribution >= 0.6 is 11.6 Å². The van der Waals surface area contributed by atoms with E-state index >= 15 is 0 Å². The summed E-state index contributed by atoms with van der Waals surface area (Å²) in [6.45, 7) is 6.64. The molecule has 0 aromatic heterocycles. The average Bonchev–Trinajstić information content (AvgIpc) is 2.53. The highest BCUT2D eigenvalue weighted by atomic mass is 35.5. The fraction of sp³-hybridized carbons (Fsp3) is 0.571. The number of hydrogen-bond acceptors (Lipinski definition) is 0. The van der Waals surface area contributed by atoms with Crippen LogP contribution in [0.2, 0.25) is 0 Å². The lowest BCUT2D eigenvalue weighted by molar-refractivity contribution is 0.537. The monoisotopic (exact) mass is 222 g/mol. The predicted octanol–water partition coefficient (Wildman–Crippen LogP) is 4.42. The fourth-order valence-corrected chi connectivity index (χ4v) is 2.88. The Morgan fingerprint density at radius 3 is 2.40 bits per heavy atom. The second kappa shape index (κ2) is 4.17. The Morgan fingerprint density at radius 2 is 1.87 bits per heavy atom. The van der Waals surface area contributed by atoms with E-state index in [9.17, 15) is 0 Å². The van der Waals surface area contributed by atoms with Crippen molar-refractivity contribution in [1.29, 1.82) is 0 Å². The predicted molar refractivity (Wildman–Crippen MR) is 66.7 cm³/mol. The molecule has 0 radical (unpaired) electrons. The zero-order chi connectivity index (χ0) is 11.0. The fourth-order valence-electron chi connectivity index (χ4n) is 2.58. The number of benzene rings is 1. The molecule has 1 aromatic rings. The molecule has 82 valence electrons. The van der Waals surface area contributed by atoms with Crippen molar-refractivity contribution in [2.75, 3.05) is 0 Å². The molecule has 0 heterocycles. The van der Waals surface area contributed by atoms with Crippen LogP contribution < -0.4 is 0 Å². The molecule has 3 unspecified atom stereocenters. The van der Waals surface area contributed by atoms with Gasteiger partial charge in [0.05, 0.1) is 0 Å². The largest absolute Gasteiger partial charge is 0.123 e. The molecule has 2 rings (SSSR count). The van der Waals surface area contributed by atoms with E-state index in [1.165, 1.54) is 29.5 Å². The summed E-state index contributed by atoms with van der Waals surface area (Å²) in [6.07, 6.45) is 2.41. The van der Waals surface area contributed by atoms with Gasteiger partial charge in [-0.1, -0.05) is 25.1 Å². The third-order valence-electron chi connectivity index (χ3n) is 3.92. The van der Waals surface area contributed by atoms with Crippen LogP contribution in [0.1, 0.15) is 42.4 Å². The van der Waals surface area contributed by atoms with Crippen LogP contribution in [-0.4, -0.2) is 5.38 Å². The molecule has 0 aliphatic heterocycles. The molecule has 0 amide bonds. The van der Waals surface area contributed by atoms with Crippen molar-refractivity contribution in [2.24, 2.45) is 5.92 Å². The van der Waals surface area contributed by atoms with Crippen LogP contribution in [0.25, 0.3) is 0 Å². The highest BCUT2D eigenvalue weighted by molar-refractivity contribution is 6.21. The smallest absolute Gasteiger partial charge is 0.0367 e. The van der Waals surface area contributed by atoms with Gasteiger partial charge >= 0.3 is 0 Å². The lowest BCUT2D eigenvalue weighted by Gasteiger charge is -2.18. The summed E-state index contributed by atoms with van der Waals surface area (Å²) in [4.78, 5) is 0. The number of hydrogen-bond donors (Lipinski definition) is 0. The summed E-state index contributed by atoms with van der Waals surface area (Å²) in [5, 5.41) is 0.372. The van der Waals surface area contributed by atoms with Gasteiger partial charge in [-0.3, -0.25) is 0 Å². The second-order valence-corrected chi connectivity index (χ2v) is 5.46. The highest BCUT2D eigenvalue weighted by Gasteiger charge is 2.32. The SMILES string of the molecule is Cc1ccc(C2CCC(Cl)C2C)cc1C. The lowest BCUT2D eigenvalue weighted by atomic mass is 9.88. The van der Waals surface area contributed by atoms with Gasteiger partial charge in [-0.15, -0.1) is 11.6 Å². The minimum Gasteiger partial charge on any atom is -0.123 e. The number of halogens is 1. The molecule has 0 nitrogen and oxygen atoms in total. The average molecular weight is 223 g/mol. The lowest BCUT2D eigenvalue weighted by Crippen LogP contribution is -2.09. The molecule has 1 saturated carbocycles. The van der Waals surface area contributed by atoms with Crippen LogP contribution in [0, 0.1) is 19.8 Å². The summed E-state index contributed by atoms with van der Waals surface area (Å²) in [5.41, 5.74) is 4.26. The van der Waals surface area contributed by atoms with Crippen molar-refractivity contribution in [1.82, 2.24) is 0 Å². The third-order valence-corrected chi connectivity index (χ3v) is 4.53. The Morgan fingerprint density at radius 1 is 1.13 bits per heavy atom. The van der Waals surface area contributed by atoms with Crippen molar-refractivity contribution >= 4 is 11.6 Å². The molecule has 1 fully saturated rings. The van der Waals surface area contributed by atoms with Crippen LogP contribution in [-0.2, 0) is 0 Å². The molecule has 1 aromatic carbocycles. The molecular formula is C14H19Cl. The number of rotatable bonds is 1. The van der Waals surface area contributed by atoms with Crippen LogP contribution in [0.5, 0.6) is 0 Å².